The number of hydrogen-bond acceptors (Lipinski definition) is 1. The van der Waals surface area contributed by atoms with Gasteiger partial charge >= 0.3 is 0 Å². The van der Waals surface area contributed by atoms with Crippen LogP contribution in [0.5, 0.6) is 0 Å². The van der Waals surface area contributed by atoms with Gasteiger partial charge in [0.1, 0.15) is 0 Å². The average molecular weight is 312 g/mol. The van der Waals surface area contributed by atoms with Gasteiger partial charge in [0.2, 0.25) is 0 Å². The van der Waals surface area contributed by atoms with Crippen molar-refractivity contribution in [3.05, 3.63) is 34.3 Å². The van der Waals surface area contributed by atoms with E-state index in [1.807, 2.05) is 24.3 Å². The van der Waals surface area contributed by atoms with E-state index >= 15 is 0 Å². The first-order chi connectivity index (χ1) is 8.49. The normalized spacial score (nSPS) is 12.5. The molecule has 2 nitrogen and oxygen atoms in total. The van der Waals surface area contributed by atoms with Crippen molar-refractivity contribution in [1.29, 1.82) is 0 Å². The predicted molar refractivity (Wildman–Crippen MR) is 79.8 cm³/mol. The highest BCUT2D eigenvalue weighted by molar-refractivity contribution is 9.10. The second kappa shape index (κ2) is 7.57. The Morgan fingerprint density at radius 2 is 2.00 bits per heavy atom. The second-order valence-electron chi connectivity index (χ2n) is 5.21. The summed E-state index contributed by atoms with van der Waals surface area (Å²) in [6.45, 7) is 6.52. The van der Waals surface area contributed by atoms with Crippen LogP contribution in [-0.2, 0) is 0 Å². The maximum atomic E-state index is 12.0. The van der Waals surface area contributed by atoms with Gasteiger partial charge in [0.05, 0.1) is 0 Å². The zero-order valence-corrected chi connectivity index (χ0v) is 13.0. The van der Waals surface area contributed by atoms with Crippen LogP contribution >= 0.6 is 15.9 Å². The van der Waals surface area contributed by atoms with Gasteiger partial charge in [0, 0.05) is 16.1 Å². The van der Waals surface area contributed by atoms with Crippen LogP contribution in [0.3, 0.4) is 0 Å². The smallest absolute Gasteiger partial charge is 0.251 e. The zero-order chi connectivity index (χ0) is 13.5. The van der Waals surface area contributed by atoms with Gasteiger partial charge in [-0.1, -0.05) is 48.7 Å². The van der Waals surface area contributed by atoms with E-state index in [4.69, 9.17) is 0 Å². The van der Waals surface area contributed by atoms with E-state index < -0.39 is 0 Å². The van der Waals surface area contributed by atoms with Crippen LogP contribution in [0.15, 0.2) is 28.7 Å². The van der Waals surface area contributed by atoms with Crippen LogP contribution in [0, 0.1) is 5.92 Å². The quantitative estimate of drug-likeness (QED) is 0.829. The highest BCUT2D eigenvalue weighted by atomic mass is 79.9. The molecule has 1 rings (SSSR count). The molecule has 1 atom stereocenters. The van der Waals surface area contributed by atoms with Crippen LogP contribution in [0.4, 0.5) is 0 Å². The van der Waals surface area contributed by atoms with Gasteiger partial charge in [-0.15, -0.1) is 0 Å². The lowest BCUT2D eigenvalue weighted by Gasteiger charge is -2.14. The maximum absolute atomic E-state index is 12.0. The minimum absolute atomic E-state index is 0.00773. The van der Waals surface area contributed by atoms with Crippen molar-refractivity contribution in [2.45, 2.75) is 46.1 Å². The molecule has 1 aromatic carbocycles. The molecule has 0 heterocycles. The van der Waals surface area contributed by atoms with Crippen molar-refractivity contribution in [2.75, 3.05) is 0 Å². The van der Waals surface area contributed by atoms with E-state index in [2.05, 4.69) is 42.0 Å². The number of nitrogens with one attached hydrogen (secondary N) is 1. The second-order valence-corrected chi connectivity index (χ2v) is 6.13. The van der Waals surface area contributed by atoms with Crippen LogP contribution in [-0.4, -0.2) is 11.9 Å². The number of amides is 1. The van der Waals surface area contributed by atoms with Gasteiger partial charge < -0.3 is 5.32 Å². The van der Waals surface area contributed by atoms with E-state index in [-0.39, 0.29) is 11.9 Å². The maximum Gasteiger partial charge on any atom is 0.251 e. The topological polar surface area (TPSA) is 29.1 Å². The van der Waals surface area contributed by atoms with E-state index in [0.29, 0.717) is 5.56 Å². The Hall–Kier alpha value is -0.830. The molecule has 0 fully saturated rings. The molecule has 1 aromatic rings. The Bertz CT molecular complexity index is 390. The molecule has 0 radical (unpaired) electrons. The van der Waals surface area contributed by atoms with Crippen LogP contribution in [0.25, 0.3) is 0 Å². The van der Waals surface area contributed by atoms with Crippen LogP contribution in [0.1, 0.15) is 50.4 Å². The Labute approximate surface area is 118 Å². The van der Waals surface area contributed by atoms with Crippen molar-refractivity contribution in [3.8, 4) is 0 Å². The molecule has 18 heavy (non-hydrogen) atoms. The Balaban J connectivity index is 2.40. The monoisotopic (exact) mass is 311 g/mol. The summed E-state index contributed by atoms with van der Waals surface area (Å²) in [5.74, 6) is 0.742. The summed E-state index contributed by atoms with van der Waals surface area (Å²) < 4.78 is 0.933. The molecular weight excluding hydrogens is 290 g/mol. The fourth-order valence-electron chi connectivity index (χ4n) is 1.84. The lowest BCUT2D eigenvalue weighted by atomic mass is 10.0. The van der Waals surface area contributed by atoms with Crippen molar-refractivity contribution in [2.24, 2.45) is 5.92 Å². The molecule has 0 saturated carbocycles. The standard InChI is InChI=1S/C15H22BrNO/c1-11(2)6-4-7-12(3)17-15(18)13-8-5-9-14(16)10-13/h5,8-12H,4,6-7H2,1-3H3,(H,17,18). The lowest BCUT2D eigenvalue weighted by molar-refractivity contribution is 0.0937. The molecule has 1 amide bonds. The summed E-state index contributed by atoms with van der Waals surface area (Å²) in [5.41, 5.74) is 0.708. The van der Waals surface area contributed by atoms with Gasteiger partial charge in [0.25, 0.3) is 5.91 Å². The number of rotatable bonds is 6. The Kier molecular flexibility index (Phi) is 6.41. The average Bonchev–Trinajstić information content (AvgIpc) is 2.28. The van der Waals surface area contributed by atoms with Crippen molar-refractivity contribution in [3.63, 3.8) is 0 Å². The molecule has 1 unspecified atom stereocenters. The third kappa shape index (κ3) is 5.67. The van der Waals surface area contributed by atoms with Gasteiger partial charge in [-0.25, -0.2) is 0 Å². The highest BCUT2D eigenvalue weighted by Crippen LogP contribution is 2.12. The Morgan fingerprint density at radius 1 is 1.28 bits per heavy atom. The summed E-state index contributed by atoms with van der Waals surface area (Å²) in [5, 5.41) is 3.04. The van der Waals surface area contributed by atoms with E-state index in [1.165, 1.54) is 6.42 Å². The molecule has 0 aliphatic rings. The van der Waals surface area contributed by atoms with Crippen molar-refractivity contribution >= 4 is 21.8 Å². The molecular formula is C15H22BrNO. The fraction of sp³-hybridized carbons (Fsp3) is 0.533. The first-order valence-corrected chi connectivity index (χ1v) is 7.34. The molecule has 0 aromatic heterocycles. The fourth-order valence-corrected chi connectivity index (χ4v) is 2.24. The molecule has 0 saturated heterocycles. The summed E-state index contributed by atoms with van der Waals surface area (Å²) in [6.07, 6.45) is 3.42. The van der Waals surface area contributed by atoms with Crippen LogP contribution < -0.4 is 5.32 Å². The number of halogens is 1. The first-order valence-electron chi connectivity index (χ1n) is 6.55. The van der Waals surface area contributed by atoms with Crippen molar-refractivity contribution < 1.29 is 4.79 Å². The number of carbonyl (C=O) groups excluding carboxylic acids is 1. The van der Waals surface area contributed by atoms with E-state index in [0.717, 1.165) is 23.2 Å². The number of hydrogen-bond donors (Lipinski definition) is 1. The first kappa shape index (κ1) is 15.2. The zero-order valence-electron chi connectivity index (χ0n) is 11.4. The number of carbonyl (C=O) groups is 1. The molecule has 0 aliphatic heterocycles. The highest BCUT2D eigenvalue weighted by Gasteiger charge is 2.09. The molecule has 0 spiro atoms. The summed E-state index contributed by atoms with van der Waals surface area (Å²) in [6, 6.07) is 7.71. The van der Waals surface area contributed by atoms with Crippen molar-refractivity contribution in [1.82, 2.24) is 5.32 Å². The predicted octanol–water partition coefficient (Wildman–Crippen LogP) is 4.39. The largest absolute Gasteiger partial charge is 0.350 e. The Morgan fingerprint density at radius 3 is 2.61 bits per heavy atom. The van der Waals surface area contributed by atoms with E-state index in [1.54, 1.807) is 0 Å². The van der Waals surface area contributed by atoms with Gasteiger partial charge in [-0.3, -0.25) is 4.79 Å². The summed E-state index contributed by atoms with van der Waals surface area (Å²) in [7, 11) is 0. The minimum Gasteiger partial charge on any atom is -0.350 e. The van der Waals surface area contributed by atoms with Gasteiger partial charge in [0.15, 0.2) is 0 Å². The summed E-state index contributed by atoms with van der Waals surface area (Å²) in [4.78, 5) is 12.0. The third-order valence-electron chi connectivity index (χ3n) is 2.88. The molecule has 3 heteroatoms. The molecule has 100 valence electrons. The molecule has 0 bridgehead atoms. The van der Waals surface area contributed by atoms with Gasteiger partial charge in [-0.2, -0.15) is 0 Å². The SMILES string of the molecule is CC(C)CCCC(C)NC(=O)c1cccc(Br)c1. The summed E-state index contributed by atoms with van der Waals surface area (Å²) >= 11 is 3.37. The molecule has 0 aliphatic carbocycles. The van der Waals surface area contributed by atoms with Crippen LogP contribution in [0.2, 0.25) is 0 Å². The lowest BCUT2D eigenvalue weighted by Crippen LogP contribution is -2.32. The number of benzene rings is 1. The molecule has 1 N–H and O–H groups in total. The minimum atomic E-state index is 0.00773. The third-order valence-corrected chi connectivity index (χ3v) is 3.38. The van der Waals surface area contributed by atoms with E-state index in [9.17, 15) is 4.79 Å². The van der Waals surface area contributed by atoms with Gasteiger partial charge in [-0.05, 0) is 37.5 Å².